The highest BCUT2D eigenvalue weighted by molar-refractivity contribution is 8.00. The molecular formula is C25H32N4O2S. The van der Waals surface area contributed by atoms with Crippen molar-refractivity contribution in [2.75, 3.05) is 23.7 Å². The number of hydrogen-bond donors (Lipinski definition) is 1. The molecule has 3 heterocycles. The molecule has 170 valence electrons. The fourth-order valence-corrected chi connectivity index (χ4v) is 5.52. The summed E-state index contributed by atoms with van der Waals surface area (Å²) in [7, 11) is 0. The molecule has 1 fully saturated rings. The quantitative estimate of drug-likeness (QED) is 0.641. The summed E-state index contributed by atoms with van der Waals surface area (Å²) < 4.78 is 0. The Hall–Kier alpha value is -2.38. The zero-order chi connectivity index (χ0) is 22.5. The Labute approximate surface area is 194 Å². The number of thioether (sulfide) groups is 1. The van der Waals surface area contributed by atoms with E-state index >= 15 is 0 Å². The molecule has 1 N–H and O–H groups in total. The summed E-state index contributed by atoms with van der Waals surface area (Å²) in [4.78, 5) is 33.7. The number of hydrogen-bond acceptors (Lipinski definition) is 5. The Balaban J connectivity index is 1.28. The van der Waals surface area contributed by atoms with Crippen LogP contribution in [0.15, 0.2) is 47.6 Å². The van der Waals surface area contributed by atoms with Crippen LogP contribution in [0.5, 0.6) is 0 Å². The normalized spacial score (nSPS) is 21.3. The fourth-order valence-electron chi connectivity index (χ4n) is 4.64. The molecule has 6 nitrogen and oxygen atoms in total. The van der Waals surface area contributed by atoms with Crippen molar-refractivity contribution >= 4 is 29.3 Å². The molecule has 2 aliphatic rings. The standard InChI is InChI=1S/C25H32N4O2S/c1-18-6-3-7-19(2)28(18)15-5-14-26-24(31)21-11-9-20(10-12-21)16-29-22-8-4-13-27-25(22)32-17-23(29)30/h4,8-13,18-19H,3,5-7,14-17H2,1-2H3,(H,26,31)/t18-,19-/m0/s1. The van der Waals surface area contributed by atoms with Crippen LogP contribution in [0, 0.1) is 0 Å². The summed E-state index contributed by atoms with van der Waals surface area (Å²) in [6.07, 6.45) is 6.57. The van der Waals surface area contributed by atoms with Gasteiger partial charge in [-0.3, -0.25) is 14.5 Å². The van der Waals surface area contributed by atoms with Gasteiger partial charge in [-0.05, 0) is 62.9 Å². The molecule has 0 bridgehead atoms. The summed E-state index contributed by atoms with van der Waals surface area (Å²) >= 11 is 1.48. The molecule has 1 aromatic carbocycles. The molecule has 7 heteroatoms. The Kier molecular flexibility index (Phi) is 7.48. The number of aromatic nitrogens is 1. The molecule has 1 saturated heterocycles. The SMILES string of the molecule is C[C@H]1CCC[C@H](C)N1CCCNC(=O)c1ccc(CN2C(=O)CSc3ncccc32)cc1. The molecule has 0 unspecified atom stereocenters. The first-order valence-electron chi connectivity index (χ1n) is 11.5. The average molecular weight is 453 g/mol. The van der Waals surface area contributed by atoms with E-state index in [1.807, 2.05) is 36.4 Å². The van der Waals surface area contributed by atoms with Crippen LogP contribution in [0.25, 0.3) is 0 Å². The first kappa shape index (κ1) is 22.8. The van der Waals surface area contributed by atoms with Gasteiger partial charge < -0.3 is 10.2 Å². The largest absolute Gasteiger partial charge is 0.352 e. The number of rotatable bonds is 7. The maximum atomic E-state index is 12.5. The second-order valence-corrected chi connectivity index (χ2v) is 9.73. The Morgan fingerprint density at radius 3 is 2.66 bits per heavy atom. The lowest BCUT2D eigenvalue weighted by atomic mass is 9.97. The predicted octanol–water partition coefficient (Wildman–Crippen LogP) is 4.10. The molecule has 2 aliphatic heterocycles. The first-order chi connectivity index (χ1) is 15.5. The van der Waals surface area contributed by atoms with Crippen molar-refractivity contribution in [1.82, 2.24) is 15.2 Å². The molecule has 2 atom stereocenters. The molecule has 2 aromatic rings. The summed E-state index contributed by atoms with van der Waals surface area (Å²) in [6.45, 7) is 6.80. The number of piperidine rings is 1. The van der Waals surface area contributed by atoms with E-state index in [4.69, 9.17) is 0 Å². The zero-order valence-electron chi connectivity index (χ0n) is 18.9. The Morgan fingerprint density at radius 2 is 1.91 bits per heavy atom. The third kappa shape index (κ3) is 5.33. The van der Waals surface area contributed by atoms with Crippen LogP contribution < -0.4 is 10.2 Å². The van der Waals surface area contributed by atoms with Crippen molar-refractivity contribution < 1.29 is 9.59 Å². The molecule has 4 rings (SSSR count). The van der Waals surface area contributed by atoms with Crippen LogP contribution in [-0.4, -0.2) is 52.6 Å². The van der Waals surface area contributed by atoms with E-state index in [2.05, 4.69) is 29.0 Å². The van der Waals surface area contributed by atoms with Crippen LogP contribution in [-0.2, 0) is 11.3 Å². The smallest absolute Gasteiger partial charge is 0.251 e. The summed E-state index contributed by atoms with van der Waals surface area (Å²) in [5.41, 5.74) is 2.49. The lowest BCUT2D eigenvalue weighted by molar-refractivity contribution is -0.116. The molecule has 0 aliphatic carbocycles. The van der Waals surface area contributed by atoms with Crippen molar-refractivity contribution in [3.8, 4) is 0 Å². The number of carbonyl (C=O) groups excluding carboxylic acids is 2. The van der Waals surface area contributed by atoms with Crippen LogP contribution in [0.1, 0.15) is 55.5 Å². The number of benzene rings is 1. The lowest BCUT2D eigenvalue weighted by Crippen LogP contribution is -2.44. The van der Waals surface area contributed by atoms with Gasteiger partial charge in [-0.25, -0.2) is 4.98 Å². The van der Waals surface area contributed by atoms with Crippen LogP contribution in [0.3, 0.4) is 0 Å². The van der Waals surface area contributed by atoms with Crippen LogP contribution in [0.2, 0.25) is 0 Å². The minimum atomic E-state index is -0.0451. The molecule has 2 amide bonds. The van der Waals surface area contributed by atoms with E-state index < -0.39 is 0 Å². The van der Waals surface area contributed by atoms with Crippen molar-refractivity contribution in [2.24, 2.45) is 0 Å². The highest BCUT2D eigenvalue weighted by Crippen LogP contribution is 2.34. The van der Waals surface area contributed by atoms with Crippen molar-refractivity contribution in [1.29, 1.82) is 0 Å². The number of fused-ring (bicyclic) bond motifs is 1. The van der Waals surface area contributed by atoms with Gasteiger partial charge in [0.25, 0.3) is 5.91 Å². The Bertz CT molecular complexity index is 939. The van der Waals surface area contributed by atoms with Crippen molar-refractivity contribution in [3.05, 3.63) is 53.7 Å². The van der Waals surface area contributed by atoms with E-state index in [1.165, 1.54) is 31.0 Å². The number of likely N-dealkylation sites (tertiary alicyclic amines) is 1. The molecule has 0 saturated carbocycles. The van der Waals surface area contributed by atoms with E-state index in [1.54, 1.807) is 11.1 Å². The minimum Gasteiger partial charge on any atom is -0.352 e. The number of pyridine rings is 1. The van der Waals surface area contributed by atoms with Gasteiger partial charge in [0.1, 0.15) is 5.03 Å². The third-order valence-corrected chi connectivity index (χ3v) is 7.47. The van der Waals surface area contributed by atoms with Gasteiger partial charge in [-0.1, -0.05) is 30.3 Å². The molecule has 32 heavy (non-hydrogen) atoms. The van der Waals surface area contributed by atoms with Crippen molar-refractivity contribution in [3.63, 3.8) is 0 Å². The maximum Gasteiger partial charge on any atom is 0.251 e. The maximum absolute atomic E-state index is 12.5. The van der Waals surface area contributed by atoms with E-state index in [9.17, 15) is 9.59 Å². The highest BCUT2D eigenvalue weighted by Gasteiger charge is 2.26. The van der Waals surface area contributed by atoms with E-state index in [-0.39, 0.29) is 11.8 Å². The van der Waals surface area contributed by atoms with Crippen LogP contribution in [0.4, 0.5) is 5.69 Å². The number of nitrogens with one attached hydrogen (secondary N) is 1. The highest BCUT2D eigenvalue weighted by atomic mass is 32.2. The molecule has 0 radical (unpaired) electrons. The summed E-state index contributed by atoms with van der Waals surface area (Å²) in [6, 6.07) is 12.6. The molecular weight excluding hydrogens is 420 g/mol. The minimum absolute atomic E-state index is 0.0451. The number of carbonyl (C=O) groups is 2. The Morgan fingerprint density at radius 1 is 1.16 bits per heavy atom. The molecule has 1 aromatic heterocycles. The van der Waals surface area contributed by atoms with Crippen LogP contribution >= 0.6 is 11.8 Å². The van der Waals surface area contributed by atoms with Crippen molar-refractivity contribution in [2.45, 2.75) is 63.2 Å². The number of nitrogens with zero attached hydrogens (tertiary/aromatic N) is 3. The third-order valence-electron chi connectivity index (χ3n) is 6.49. The van der Waals surface area contributed by atoms with Gasteiger partial charge in [0.05, 0.1) is 18.0 Å². The van der Waals surface area contributed by atoms with Gasteiger partial charge >= 0.3 is 0 Å². The first-order valence-corrected chi connectivity index (χ1v) is 12.5. The average Bonchev–Trinajstić information content (AvgIpc) is 2.80. The van der Waals surface area contributed by atoms with Gasteiger partial charge in [-0.15, -0.1) is 0 Å². The summed E-state index contributed by atoms with van der Waals surface area (Å²) in [5, 5.41) is 3.93. The van der Waals surface area contributed by atoms with Gasteiger partial charge in [0, 0.05) is 36.9 Å². The second kappa shape index (κ2) is 10.5. The van der Waals surface area contributed by atoms with Gasteiger partial charge in [-0.2, -0.15) is 0 Å². The monoisotopic (exact) mass is 452 g/mol. The van der Waals surface area contributed by atoms with Gasteiger partial charge in [0.2, 0.25) is 5.91 Å². The number of amides is 2. The lowest BCUT2D eigenvalue weighted by Gasteiger charge is -2.39. The zero-order valence-corrected chi connectivity index (χ0v) is 19.7. The molecule has 0 spiro atoms. The predicted molar refractivity (Wildman–Crippen MR) is 129 cm³/mol. The van der Waals surface area contributed by atoms with E-state index in [0.717, 1.165) is 29.2 Å². The van der Waals surface area contributed by atoms with Gasteiger partial charge in [0.15, 0.2) is 0 Å². The topological polar surface area (TPSA) is 65.5 Å². The second-order valence-electron chi connectivity index (χ2n) is 8.77. The summed E-state index contributed by atoms with van der Waals surface area (Å²) in [5.74, 6) is 0.436. The number of anilines is 1. The fraction of sp³-hybridized carbons (Fsp3) is 0.480. The van der Waals surface area contributed by atoms with E-state index in [0.29, 0.717) is 36.5 Å².